The summed E-state index contributed by atoms with van der Waals surface area (Å²) in [4.78, 5) is 27.8. The van der Waals surface area contributed by atoms with Crippen LogP contribution in [0.5, 0.6) is 0 Å². The molecule has 0 aromatic heterocycles. The van der Waals surface area contributed by atoms with Gasteiger partial charge in [0.2, 0.25) is 21.8 Å². The Balaban J connectivity index is 2.39. The van der Waals surface area contributed by atoms with Gasteiger partial charge in [0, 0.05) is 17.1 Å². The van der Waals surface area contributed by atoms with E-state index in [0.717, 1.165) is 21.7 Å². The number of benzene rings is 2. The summed E-state index contributed by atoms with van der Waals surface area (Å²) in [6, 6.07) is 13.0. The molecular weight excluding hydrogens is 462 g/mol. The van der Waals surface area contributed by atoms with Crippen molar-refractivity contribution < 1.29 is 18.0 Å². The van der Waals surface area contributed by atoms with E-state index in [2.05, 4.69) is 5.32 Å². The molecule has 0 heterocycles. The number of sulfonamides is 1. The van der Waals surface area contributed by atoms with Crippen LogP contribution in [0.2, 0.25) is 5.02 Å². The fourth-order valence-electron chi connectivity index (χ4n) is 3.28. The van der Waals surface area contributed by atoms with Gasteiger partial charge in [-0.2, -0.15) is 0 Å². The second-order valence-corrected chi connectivity index (χ2v) is 11.5. The molecule has 180 valence electrons. The lowest BCUT2D eigenvalue weighted by molar-refractivity contribution is -0.140. The molecule has 9 heteroatoms. The fraction of sp³-hybridized carbons (Fsp3) is 0.417. The largest absolute Gasteiger partial charge is 0.350 e. The van der Waals surface area contributed by atoms with Crippen molar-refractivity contribution in [3.8, 4) is 0 Å². The van der Waals surface area contributed by atoms with Crippen molar-refractivity contribution in [1.29, 1.82) is 0 Å². The lowest BCUT2D eigenvalue weighted by Gasteiger charge is -2.33. The van der Waals surface area contributed by atoms with Gasteiger partial charge in [-0.1, -0.05) is 41.4 Å². The van der Waals surface area contributed by atoms with Gasteiger partial charge in [-0.3, -0.25) is 13.9 Å². The highest BCUT2D eigenvalue weighted by atomic mass is 35.5. The molecular formula is C24H32ClN3O4S. The number of hydrogen-bond acceptors (Lipinski definition) is 4. The molecule has 0 aliphatic heterocycles. The third-order valence-corrected chi connectivity index (χ3v) is 6.29. The van der Waals surface area contributed by atoms with E-state index in [9.17, 15) is 18.0 Å². The van der Waals surface area contributed by atoms with Gasteiger partial charge < -0.3 is 10.2 Å². The zero-order chi connectivity index (χ0) is 25.0. The summed E-state index contributed by atoms with van der Waals surface area (Å²) in [5.74, 6) is -0.811. The van der Waals surface area contributed by atoms with E-state index in [1.807, 2.05) is 52.0 Å². The van der Waals surface area contributed by atoms with Crippen molar-refractivity contribution in [2.75, 3.05) is 17.1 Å². The van der Waals surface area contributed by atoms with E-state index in [4.69, 9.17) is 11.6 Å². The number of nitrogens with zero attached hydrogens (tertiary/aromatic N) is 2. The normalized spacial score (nSPS) is 12.7. The van der Waals surface area contributed by atoms with Crippen LogP contribution in [-0.4, -0.2) is 49.5 Å². The van der Waals surface area contributed by atoms with Crippen LogP contribution < -0.4 is 9.62 Å². The van der Waals surface area contributed by atoms with Crippen molar-refractivity contribution >= 4 is 39.1 Å². The van der Waals surface area contributed by atoms with Crippen molar-refractivity contribution in [1.82, 2.24) is 10.2 Å². The van der Waals surface area contributed by atoms with Crippen LogP contribution in [0.4, 0.5) is 5.69 Å². The first-order valence-corrected chi connectivity index (χ1v) is 12.8. The van der Waals surface area contributed by atoms with Gasteiger partial charge in [-0.15, -0.1) is 0 Å². The molecule has 0 aliphatic rings. The van der Waals surface area contributed by atoms with Crippen LogP contribution in [0.15, 0.2) is 48.5 Å². The van der Waals surface area contributed by atoms with E-state index in [1.165, 1.54) is 17.0 Å². The summed E-state index contributed by atoms with van der Waals surface area (Å²) < 4.78 is 26.0. The van der Waals surface area contributed by atoms with Gasteiger partial charge >= 0.3 is 0 Å². The van der Waals surface area contributed by atoms with Gasteiger partial charge in [0.05, 0.1) is 11.9 Å². The van der Waals surface area contributed by atoms with Gasteiger partial charge in [-0.25, -0.2) is 8.42 Å². The van der Waals surface area contributed by atoms with Gasteiger partial charge in [0.1, 0.15) is 12.6 Å². The Hall–Kier alpha value is -2.58. The highest BCUT2D eigenvalue weighted by molar-refractivity contribution is 7.92. The van der Waals surface area contributed by atoms with E-state index < -0.39 is 34.1 Å². The van der Waals surface area contributed by atoms with Crippen molar-refractivity contribution in [2.24, 2.45) is 0 Å². The number of anilines is 1. The number of amides is 2. The third kappa shape index (κ3) is 8.05. The van der Waals surface area contributed by atoms with E-state index in [0.29, 0.717) is 10.7 Å². The smallest absolute Gasteiger partial charge is 0.244 e. The summed E-state index contributed by atoms with van der Waals surface area (Å²) in [6.45, 7) is 8.87. The average Bonchev–Trinajstić information content (AvgIpc) is 2.68. The Morgan fingerprint density at radius 1 is 1.09 bits per heavy atom. The number of halogens is 1. The van der Waals surface area contributed by atoms with Crippen molar-refractivity contribution in [3.05, 3.63) is 64.7 Å². The summed E-state index contributed by atoms with van der Waals surface area (Å²) in [5.41, 5.74) is 1.70. The molecule has 0 saturated heterocycles. The minimum Gasteiger partial charge on any atom is -0.350 e. The first kappa shape index (κ1) is 26.7. The molecule has 7 nitrogen and oxygen atoms in total. The minimum atomic E-state index is -3.77. The van der Waals surface area contributed by atoms with Crippen LogP contribution in [0, 0.1) is 6.92 Å². The Bertz CT molecular complexity index is 1100. The van der Waals surface area contributed by atoms with Crippen LogP contribution in [0.25, 0.3) is 0 Å². The highest BCUT2D eigenvalue weighted by Crippen LogP contribution is 2.21. The number of rotatable bonds is 8. The lowest BCUT2D eigenvalue weighted by atomic mass is 10.1. The first-order valence-electron chi connectivity index (χ1n) is 10.6. The molecule has 0 spiro atoms. The predicted molar refractivity (Wildman–Crippen MR) is 133 cm³/mol. The molecule has 0 radical (unpaired) electrons. The maximum atomic E-state index is 13.5. The molecule has 2 rings (SSSR count). The Labute approximate surface area is 201 Å². The molecule has 0 aliphatic carbocycles. The summed E-state index contributed by atoms with van der Waals surface area (Å²) in [6.07, 6.45) is 1.04. The standard InChI is InChI=1S/C24H32ClN3O4S/c1-17-8-7-9-19(14-17)15-27(18(2)23(30)26-24(3,4)5)22(29)16-28(33(6,31)32)21-12-10-20(25)11-13-21/h7-14,18H,15-16H2,1-6H3,(H,26,30). The monoisotopic (exact) mass is 493 g/mol. The number of carbonyl (C=O) groups excluding carboxylic acids is 2. The van der Waals surface area contributed by atoms with Crippen molar-refractivity contribution in [2.45, 2.75) is 52.7 Å². The molecule has 0 bridgehead atoms. The number of carbonyl (C=O) groups is 2. The number of nitrogens with one attached hydrogen (secondary N) is 1. The molecule has 2 amide bonds. The Morgan fingerprint density at radius 2 is 1.70 bits per heavy atom. The van der Waals surface area contributed by atoms with Gasteiger partial charge in [0.15, 0.2) is 0 Å². The quantitative estimate of drug-likeness (QED) is 0.606. The second-order valence-electron chi connectivity index (χ2n) is 9.17. The average molecular weight is 494 g/mol. The van der Waals surface area contributed by atoms with Crippen LogP contribution in [0.1, 0.15) is 38.8 Å². The fourth-order valence-corrected chi connectivity index (χ4v) is 4.26. The molecule has 1 unspecified atom stereocenters. The highest BCUT2D eigenvalue weighted by Gasteiger charge is 2.31. The maximum Gasteiger partial charge on any atom is 0.244 e. The number of aryl methyl sites for hydroxylation is 1. The van der Waals surface area contributed by atoms with E-state index >= 15 is 0 Å². The summed E-state index contributed by atoms with van der Waals surface area (Å²) in [7, 11) is -3.77. The third-order valence-electron chi connectivity index (χ3n) is 4.89. The predicted octanol–water partition coefficient (Wildman–Crippen LogP) is 3.75. The number of hydrogen-bond donors (Lipinski definition) is 1. The molecule has 33 heavy (non-hydrogen) atoms. The summed E-state index contributed by atoms with van der Waals surface area (Å²) in [5, 5.41) is 3.34. The Morgan fingerprint density at radius 3 is 2.21 bits per heavy atom. The maximum absolute atomic E-state index is 13.5. The van der Waals surface area contributed by atoms with Gasteiger partial charge in [-0.05, 0) is 64.4 Å². The molecule has 1 N–H and O–H groups in total. The first-order chi connectivity index (χ1) is 15.2. The van der Waals surface area contributed by atoms with Crippen LogP contribution in [0.3, 0.4) is 0 Å². The molecule has 2 aromatic rings. The zero-order valence-corrected chi connectivity index (χ0v) is 21.5. The van der Waals surface area contributed by atoms with E-state index in [-0.39, 0.29) is 12.5 Å². The van der Waals surface area contributed by atoms with Crippen LogP contribution >= 0.6 is 11.6 Å². The molecule has 2 aromatic carbocycles. The summed E-state index contributed by atoms with van der Waals surface area (Å²) >= 11 is 5.93. The Kier molecular flexibility index (Phi) is 8.54. The molecule has 1 atom stereocenters. The second kappa shape index (κ2) is 10.6. The molecule has 0 saturated carbocycles. The van der Waals surface area contributed by atoms with Gasteiger partial charge in [0.25, 0.3) is 0 Å². The van der Waals surface area contributed by atoms with Crippen molar-refractivity contribution in [3.63, 3.8) is 0 Å². The topological polar surface area (TPSA) is 86.8 Å². The molecule has 0 fully saturated rings. The minimum absolute atomic E-state index is 0.164. The zero-order valence-electron chi connectivity index (χ0n) is 19.9. The van der Waals surface area contributed by atoms with Crippen LogP contribution in [-0.2, 0) is 26.2 Å². The lowest BCUT2D eigenvalue weighted by Crippen LogP contribution is -2.54. The van der Waals surface area contributed by atoms with E-state index in [1.54, 1.807) is 19.1 Å². The SMILES string of the molecule is Cc1cccc(CN(C(=O)CN(c2ccc(Cl)cc2)S(C)(=O)=O)C(C)C(=O)NC(C)(C)C)c1.